The van der Waals surface area contributed by atoms with Gasteiger partial charge in [0.2, 0.25) is 5.91 Å². The maximum atomic E-state index is 13.0. The monoisotopic (exact) mass is 347 g/mol. The number of carbonyl (C=O) groups is 2. The number of aryl methyl sites for hydroxylation is 1. The summed E-state index contributed by atoms with van der Waals surface area (Å²) in [6, 6.07) is 3.65. The van der Waals surface area contributed by atoms with E-state index in [2.05, 4.69) is 15.6 Å². The Kier molecular flexibility index (Phi) is 4.96. The molecule has 1 saturated heterocycles. The van der Waals surface area contributed by atoms with E-state index in [-0.39, 0.29) is 17.9 Å². The van der Waals surface area contributed by atoms with Gasteiger partial charge in [0.1, 0.15) is 11.9 Å². The Morgan fingerprint density at radius 3 is 3.00 bits per heavy atom. The summed E-state index contributed by atoms with van der Waals surface area (Å²) in [5.74, 6) is 0.822. The molecule has 0 aliphatic carbocycles. The zero-order valence-electron chi connectivity index (χ0n) is 13.8. The maximum Gasteiger partial charge on any atom is 0.264 e. The van der Waals surface area contributed by atoms with Crippen LogP contribution >= 0.6 is 11.3 Å². The van der Waals surface area contributed by atoms with E-state index in [1.54, 1.807) is 6.20 Å². The molecule has 2 aromatic rings. The van der Waals surface area contributed by atoms with Crippen LogP contribution in [0.5, 0.6) is 0 Å². The molecule has 128 valence electrons. The van der Waals surface area contributed by atoms with Crippen LogP contribution < -0.4 is 10.6 Å². The van der Waals surface area contributed by atoms with Crippen molar-refractivity contribution in [3.63, 3.8) is 0 Å². The summed E-state index contributed by atoms with van der Waals surface area (Å²) in [5.41, 5.74) is 0. The number of imidazole rings is 1. The molecular weight excluding hydrogens is 326 g/mol. The summed E-state index contributed by atoms with van der Waals surface area (Å²) in [5, 5.41) is 6.09. The van der Waals surface area contributed by atoms with Crippen molar-refractivity contribution in [3.8, 4) is 0 Å². The highest BCUT2D eigenvalue weighted by Crippen LogP contribution is 2.25. The number of nitrogens with one attached hydrogen (secondary N) is 2. The number of carbonyl (C=O) groups excluding carboxylic acids is 2. The molecule has 0 saturated carbocycles. The molecule has 1 unspecified atom stereocenters. The number of hydrogen-bond donors (Lipinski definition) is 2. The predicted molar refractivity (Wildman–Crippen MR) is 91.7 cm³/mol. The van der Waals surface area contributed by atoms with Crippen LogP contribution in [0.3, 0.4) is 0 Å². The molecule has 0 aromatic carbocycles. The number of rotatable bonds is 4. The highest BCUT2D eigenvalue weighted by molar-refractivity contribution is 7.14. The van der Waals surface area contributed by atoms with E-state index in [0.29, 0.717) is 24.5 Å². The van der Waals surface area contributed by atoms with Crippen molar-refractivity contribution in [2.45, 2.75) is 19.5 Å². The van der Waals surface area contributed by atoms with Gasteiger partial charge in [-0.25, -0.2) is 4.98 Å². The molecule has 24 heavy (non-hydrogen) atoms. The number of amides is 2. The molecule has 1 aliphatic rings. The molecule has 3 rings (SSSR count). The van der Waals surface area contributed by atoms with Crippen LogP contribution in [0.15, 0.2) is 24.5 Å². The minimum atomic E-state index is -0.0767. The first-order valence-corrected chi connectivity index (χ1v) is 8.70. The summed E-state index contributed by atoms with van der Waals surface area (Å²) in [6.45, 7) is 4.06. The predicted octanol–water partition coefficient (Wildman–Crippen LogP) is 0.904. The summed E-state index contributed by atoms with van der Waals surface area (Å²) >= 11 is 1.43. The SMILES string of the molecule is CC(=O)NCc1ccc(C(=O)N2CCNCC2c2nccn2C)s1. The third-order valence-corrected chi connectivity index (χ3v) is 5.12. The molecule has 7 nitrogen and oxygen atoms in total. The van der Waals surface area contributed by atoms with Crippen molar-refractivity contribution in [1.82, 2.24) is 25.1 Å². The number of thiophene rings is 1. The largest absolute Gasteiger partial charge is 0.351 e. The van der Waals surface area contributed by atoms with Crippen molar-refractivity contribution in [2.24, 2.45) is 7.05 Å². The molecule has 0 radical (unpaired) electrons. The van der Waals surface area contributed by atoms with Gasteiger partial charge in [-0.05, 0) is 12.1 Å². The molecule has 2 N–H and O–H groups in total. The molecule has 2 amide bonds. The fourth-order valence-electron chi connectivity index (χ4n) is 2.82. The van der Waals surface area contributed by atoms with Gasteiger partial charge in [0.05, 0.1) is 11.4 Å². The van der Waals surface area contributed by atoms with Gasteiger partial charge in [-0.2, -0.15) is 0 Å². The molecule has 3 heterocycles. The summed E-state index contributed by atoms with van der Waals surface area (Å²) in [4.78, 5) is 31.9. The molecule has 0 spiro atoms. The Balaban J connectivity index is 1.77. The van der Waals surface area contributed by atoms with Crippen LogP contribution in [0.2, 0.25) is 0 Å². The lowest BCUT2D eigenvalue weighted by Crippen LogP contribution is -2.49. The average Bonchev–Trinajstić information content (AvgIpc) is 3.21. The van der Waals surface area contributed by atoms with Crippen molar-refractivity contribution in [3.05, 3.63) is 40.1 Å². The second kappa shape index (κ2) is 7.14. The van der Waals surface area contributed by atoms with Gasteiger partial charge in [0, 0.05) is 50.9 Å². The van der Waals surface area contributed by atoms with Gasteiger partial charge in [0.25, 0.3) is 5.91 Å². The topological polar surface area (TPSA) is 79.3 Å². The molecule has 1 atom stereocenters. The molecule has 0 bridgehead atoms. The maximum absolute atomic E-state index is 13.0. The standard InChI is InChI=1S/C16H21N5O2S/c1-11(22)19-9-12-3-4-14(24-12)16(23)21-8-5-17-10-13(21)15-18-6-7-20(15)2/h3-4,6-7,13,17H,5,8-10H2,1-2H3,(H,19,22). The van der Waals surface area contributed by atoms with E-state index in [1.165, 1.54) is 18.3 Å². The molecule has 2 aromatic heterocycles. The van der Waals surface area contributed by atoms with Gasteiger partial charge in [-0.1, -0.05) is 0 Å². The fraction of sp³-hybridized carbons (Fsp3) is 0.438. The fourth-order valence-corrected chi connectivity index (χ4v) is 3.72. The van der Waals surface area contributed by atoms with E-state index in [0.717, 1.165) is 17.2 Å². The lowest BCUT2D eigenvalue weighted by molar-refractivity contribution is -0.119. The second-order valence-corrected chi connectivity index (χ2v) is 6.96. The second-order valence-electron chi connectivity index (χ2n) is 5.79. The zero-order valence-corrected chi connectivity index (χ0v) is 14.6. The van der Waals surface area contributed by atoms with Gasteiger partial charge in [-0.15, -0.1) is 11.3 Å². The number of nitrogens with zero attached hydrogens (tertiary/aromatic N) is 3. The molecular formula is C16H21N5O2S. The summed E-state index contributed by atoms with van der Waals surface area (Å²) in [6.07, 6.45) is 3.65. The van der Waals surface area contributed by atoms with Crippen LogP contribution in [0.25, 0.3) is 0 Å². The first kappa shape index (κ1) is 16.7. The van der Waals surface area contributed by atoms with E-state index in [9.17, 15) is 9.59 Å². The minimum absolute atomic E-state index is 0.0172. The first-order chi connectivity index (χ1) is 11.6. The average molecular weight is 347 g/mol. The van der Waals surface area contributed by atoms with E-state index in [1.807, 2.05) is 34.8 Å². The molecule has 1 aliphatic heterocycles. The molecule has 1 fully saturated rings. The van der Waals surface area contributed by atoms with E-state index >= 15 is 0 Å². The normalized spacial score (nSPS) is 17.8. The van der Waals surface area contributed by atoms with Gasteiger partial charge < -0.3 is 20.1 Å². The van der Waals surface area contributed by atoms with E-state index in [4.69, 9.17) is 0 Å². The smallest absolute Gasteiger partial charge is 0.264 e. The highest BCUT2D eigenvalue weighted by Gasteiger charge is 2.31. The lowest BCUT2D eigenvalue weighted by atomic mass is 10.1. The quantitative estimate of drug-likeness (QED) is 0.861. The third kappa shape index (κ3) is 3.49. The highest BCUT2D eigenvalue weighted by atomic mass is 32.1. The Morgan fingerprint density at radius 2 is 2.29 bits per heavy atom. The van der Waals surface area contributed by atoms with Gasteiger partial charge in [0.15, 0.2) is 0 Å². The Morgan fingerprint density at radius 1 is 1.46 bits per heavy atom. The van der Waals surface area contributed by atoms with Crippen molar-refractivity contribution in [2.75, 3.05) is 19.6 Å². The van der Waals surface area contributed by atoms with E-state index < -0.39 is 0 Å². The van der Waals surface area contributed by atoms with Crippen molar-refractivity contribution >= 4 is 23.2 Å². The van der Waals surface area contributed by atoms with Crippen LogP contribution in [-0.4, -0.2) is 45.9 Å². The molecule has 8 heteroatoms. The Labute approximate surface area is 144 Å². The third-order valence-electron chi connectivity index (χ3n) is 4.04. The minimum Gasteiger partial charge on any atom is -0.351 e. The zero-order chi connectivity index (χ0) is 17.1. The Bertz CT molecular complexity index is 738. The van der Waals surface area contributed by atoms with Crippen LogP contribution in [-0.2, 0) is 18.4 Å². The van der Waals surface area contributed by atoms with Crippen LogP contribution in [0, 0.1) is 0 Å². The van der Waals surface area contributed by atoms with Crippen LogP contribution in [0.1, 0.15) is 33.3 Å². The van der Waals surface area contributed by atoms with Crippen molar-refractivity contribution in [1.29, 1.82) is 0 Å². The van der Waals surface area contributed by atoms with Crippen LogP contribution in [0.4, 0.5) is 0 Å². The lowest BCUT2D eigenvalue weighted by Gasteiger charge is -2.35. The van der Waals surface area contributed by atoms with Gasteiger partial charge >= 0.3 is 0 Å². The Hall–Kier alpha value is -2.19. The first-order valence-electron chi connectivity index (χ1n) is 7.88. The summed E-state index contributed by atoms with van der Waals surface area (Å²) in [7, 11) is 1.94. The number of piperazine rings is 1. The van der Waals surface area contributed by atoms with Gasteiger partial charge in [-0.3, -0.25) is 9.59 Å². The number of aromatic nitrogens is 2. The summed E-state index contributed by atoms with van der Waals surface area (Å²) < 4.78 is 1.95. The van der Waals surface area contributed by atoms with Crippen molar-refractivity contribution < 1.29 is 9.59 Å². The number of hydrogen-bond acceptors (Lipinski definition) is 5.